The Morgan fingerprint density at radius 1 is 1.16 bits per heavy atom. The van der Waals surface area contributed by atoms with E-state index in [2.05, 4.69) is 25.1 Å². The third-order valence-corrected chi connectivity index (χ3v) is 8.54. The molecule has 0 heterocycles. The molecule has 0 aromatic rings. The van der Waals surface area contributed by atoms with Gasteiger partial charge in [-0.15, -0.1) is 0 Å². The van der Waals surface area contributed by atoms with Crippen LogP contribution in [0.25, 0.3) is 0 Å². The van der Waals surface area contributed by atoms with Crippen molar-refractivity contribution in [2.75, 3.05) is 0 Å². The average Bonchev–Trinajstić information content (AvgIpc) is 2.92. The van der Waals surface area contributed by atoms with Gasteiger partial charge < -0.3 is 10.3 Å². The lowest BCUT2D eigenvalue weighted by molar-refractivity contribution is -0.126. The first-order valence-electron chi connectivity index (χ1n) is 9.93. The molecule has 138 valence electrons. The number of ketones is 1. The van der Waals surface area contributed by atoms with Crippen molar-refractivity contribution in [1.82, 2.24) is 0 Å². The number of carbonyl (C=O) groups is 1. The number of oxime groups is 1. The van der Waals surface area contributed by atoms with E-state index in [0.29, 0.717) is 24.0 Å². The van der Waals surface area contributed by atoms with Gasteiger partial charge in [0.15, 0.2) is 0 Å². The van der Waals surface area contributed by atoms with Gasteiger partial charge in [-0.05, 0) is 80.6 Å². The van der Waals surface area contributed by atoms with Crippen molar-refractivity contribution in [3.8, 4) is 0 Å². The molecule has 0 aliphatic heterocycles. The van der Waals surface area contributed by atoms with Crippen molar-refractivity contribution in [2.24, 2.45) is 39.7 Å². The molecule has 0 radical (unpaired) electrons. The third-order valence-electron chi connectivity index (χ3n) is 8.54. The molecule has 4 rings (SSSR count). The summed E-state index contributed by atoms with van der Waals surface area (Å²) in [6.45, 7) is 6.40. The van der Waals surface area contributed by atoms with Gasteiger partial charge in [-0.2, -0.15) is 0 Å². The highest BCUT2D eigenvalue weighted by molar-refractivity contribution is 5.99. The summed E-state index contributed by atoms with van der Waals surface area (Å²) in [5.74, 6) is 1.62. The first-order valence-corrected chi connectivity index (χ1v) is 9.93. The minimum atomic E-state index is -0.266. The summed E-state index contributed by atoms with van der Waals surface area (Å²) in [6.07, 6.45) is 8.61. The lowest BCUT2D eigenvalue weighted by atomic mass is 9.47. The molecule has 0 amide bonds. The monoisotopic (exact) mass is 345 g/mol. The number of Topliss-reactive ketones (excluding diaryl/α,β-unsaturated/α-hetero) is 1. The molecule has 0 saturated heterocycles. The number of rotatable bonds is 1. The van der Waals surface area contributed by atoms with Gasteiger partial charge in [0.2, 0.25) is 0 Å². The quantitative estimate of drug-likeness (QED) is 0.558. The minimum Gasteiger partial charge on any atom is -0.411 e. The van der Waals surface area contributed by atoms with Crippen molar-refractivity contribution in [1.29, 1.82) is 0 Å². The fourth-order valence-electron chi connectivity index (χ4n) is 7.17. The fraction of sp³-hybridized carbons (Fsp3) is 0.810. The van der Waals surface area contributed by atoms with Crippen LogP contribution in [-0.2, 0) is 4.79 Å². The number of aliphatic hydroxyl groups excluding tert-OH is 1. The van der Waals surface area contributed by atoms with Crippen molar-refractivity contribution < 1.29 is 15.1 Å². The van der Waals surface area contributed by atoms with E-state index in [1.807, 2.05) is 0 Å². The van der Waals surface area contributed by atoms with Crippen LogP contribution >= 0.6 is 0 Å². The Morgan fingerprint density at radius 2 is 1.92 bits per heavy atom. The summed E-state index contributed by atoms with van der Waals surface area (Å²) in [7, 11) is 0. The van der Waals surface area contributed by atoms with Crippen LogP contribution in [0.3, 0.4) is 0 Å². The van der Waals surface area contributed by atoms with Gasteiger partial charge in [-0.25, -0.2) is 0 Å². The molecule has 3 unspecified atom stereocenters. The molecule has 4 heteroatoms. The Hall–Kier alpha value is -1.16. The Bertz CT molecular complexity index is 654. The van der Waals surface area contributed by atoms with E-state index in [1.165, 1.54) is 5.57 Å². The molecule has 0 bridgehead atoms. The summed E-state index contributed by atoms with van der Waals surface area (Å²) >= 11 is 0. The standard InChI is InChI=1S/C21H31NO3/c1-12(23)15-4-5-16-19-17(7-9-21(15,16)3)20(2)8-6-14(24)10-13(20)11-18(19)22-25/h11,14-17,19,24-25H,4-10H2,1-3H3/b22-18+/t14-,15+,16?,17?,19?,20-,21+/m0/s1. The highest BCUT2D eigenvalue weighted by atomic mass is 16.4. The fourth-order valence-corrected chi connectivity index (χ4v) is 7.17. The molecule has 2 N–H and O–H groups in total. The van der Waals surface area contributed by atoms with Gasteiger partial charge in [0.25, 0.3) is 0 Å². The molecular formula is C21H31NO3. The third kappa shape index (κ3) is 2.29. The SMILES string of the molecule is CC(=O)[C@H]1CCC2C3/C(=N/O)C=C4C[C@@H](O)CC[C@]4(C)C3CC[C@@]21C. The van der Waals surface area contributed by atoms with Crippen LogP contribution in [0, 0.1) is 34.5 Å². The van der Waals surface area contributed by atoms with Crippen LogP contribution in [0.4, 0.5) is 0 Å². The van der Waals surface area contributed by atoms with Crippen LogP contribution in [0.15, 0.2) is 16.8 Å². The summed E-state index contributed by atoms with van der Waals surface area (Å²) in [4.78, 5) is 12.2. The van der Waals surface area contributed by atoms with E-state index in [-0.39, 0.29) is 28.8 Å². The first kappa shape index (κ1) is 17.3. The maximum Gasteiger partial charge on any atom is 0.133 e. The molecule has 7 atom stereocenters. The van der Waals surface area contributed by atoms with Crippen LogP contribution in [0.2, 0.25) is 0 Å². The van der Waals surface area contributed by atoms with Gasteiger partial charge in [-0.1, -0.05) is 24.6 Å². The van der Waals surface area contributed by atoms with E-state index in [9.17, 15) is 15.1 Å². The van der Waals surface area contributed by atoms with E-state index in [4.69, 9.17) is 0 Å². The zero-order valence-electron chi connectivity index (χ0n) is 15.7. The van der Waals surface area contributed by atoms with Crippen LogP contribution < -0.4 is 0 Å². The van der Waals surface area contributed by atoms with Crippen molar-refractivity contribution in [3.05, 3.63) is 11.6 Å². The highest BCUT2D eigenvalue weighted by Crippen LogP contribution is 2.65. The molecule has 25 heavy (non-hydrogen) atoms. The number of carbonyl (C=O) groups excluding carboxylic acids is 1. The zero-order chi connectivity index (χ0) is 18.0. The van der Waals surface area contributed by atoms with Crippen molar-refractivity contribution in [2.45, 2.75) is 71.8 Å². The number of aliphatic hydroxyl groups is 1. The maximum absolute atomic E-state index is 12.2. The Morgan fingerprint density at radius 3 is 2.60 bits per heavy atom. The van der Waals surface area contributed by atoms with E-state index >= 15 is 0 Å². The smallest absolute Gasteiger partial charge is 0.133 e. The highest BCUT2D eigenvalue weighted by Gasteiger charge is 2.61. The molecule has 0 aromatic carbocycles. The largest absolute Gasteiger partial charge is 0.411 e. The van der Waals surface area contributed by atoms with Crippen LogP contribution in [0.5, 0.6) is 0 Å². The Kier molecular flexibility index (Phi) is 3.91. The van der Waals surface area contributed by atoms with E-state index in [0.717, 1.165) is 44.2 Å². The molecule has 4 aliphatic carbocycles. The van der Waals surface area contributed by atoms with Gasteiger partial charge in [-0.3, -0.25) is 4.79 Å². The number of allylic oxidation sites excluding steroid dienone is 1. The summed E-state index contributed by atoms with van der Waals surface area (Å²) < 4.78 is 0. The van der Waals surface area contributed by atoms with Gasteiger partial charge >= 0.3 is 0 Å². The van der Waals surface area contributed by atoms with Gasteiger partial charge in [0, 0.05) is 11.8 Å². The maximum atomic E-state index is 12.2. The lowest BCUT2D eigenvalue weighted by Gasteiger charge is -2.57. The van der Waals surface area contributed by atoms with Crippen molar-refractivity contribution in [3.63, 3.8) is 0 Å². The number of fused-ring (bicyclic) bond motifs is 5. The predicted molar refractivity (Wildman–Crippen MR) is 96.5 cm³/mol. The molecular weight excluding hydrogens is 314 g/mol. The zero-order valence-corrected chi connectivity index (χ0v) is 15.7. The predicted octanol–water partition coefficient (Wildman–Crippen LogP) is 3.96. The summed E-state index contributed by atoms with van der Waals surface area (Å²) in [6, 6.07) is 0. The average molecular weight is 345 g/mol. The van der Waals surface area contributed by atoms with Gasteiger partial charge in [0.05, 0.1) is 11.8 Å². The molecule has 4 nitrogen and oxygen atoms in total. The van der Waals surface area contributed by atoms with Crippen LogP contribution in [-0.4, -0.2) is 27.9 Å². The molecule has 4 aliphatic rings. The Labute approximate surface area is 150 Å². The number of hydrogen-bond acceptors (Lipinski definition) is 4. The second-order valence-electron chi connectivity index (χ2n) is 9.53. The van der Waals surface area contributed by atoms with Crippen molar-refractivity contribution >= 4 is 11.5 Å². The number of hydrogen-bond donors (Lipinski definition) is 2. The van der Waals surface area contributed by atoms with Gasteiger partial charge in [0.1, 0.15) is 5.78 Å². The van der Waals surface area contributed by atoms with Crippen LogP contribution in [0.1, 0.15) is 65.7 Å². The molecule has 3 saturated carbocycles. The molecule has 0 aromatic heterocycles. The molecule has 0 spiro atoms. The normalized spacial score (nSPS) is 50.6. The Balaban J connectivity index is 1.77. The topological polar surface area (TPSA) is 69.9 Å². The second kappa shape index (κ2) is 5.67. The van der Waals surface area contributed by atoms with E-state index in [1.54, 1.807) is 6.92 Å². The summed E-state index contributed by atoms with van der Waals surface area (Å²) in [5.41, 5.74) is 2.21. The molecule has 3 fully saturated rings. The minimum absolute atomic E-state index is 0.0405. The summed E-state index contributed by atoms with van der Waals surface area (Å²) in [5, 5.41) is 23.6. The van der Waals surface area contributed by atoms with E-state index < -0.39 is 0 Å². The lowest BCUT2D eigenvalue weighted by Crippen LogP contribution is -2.53. The second-order valence-corrected chi connectivity index (χ2v) is 9.53. The number of nitrogens with zero attached hydrogens (tertiary/aromatic N) is 1. The first-order chi connectivity index (χ1) is 11.8.